The molecule has 37 heavy (non-hydrogen) atoms. The first kappa shape index (κ1) is 26.4. The second kappa shape index (κ2) is 9.68. The number of nitrogens with one attached hydrogen (secondary N) is 1. The van der Waals surface area contributed by atoms with Gasteiger partial charge >= 0.3 is 6.18 Å². The van der Waals surface area contributed by atoms with Crippen molar-refractivity contribution < 1.29 is 35.2 Å². The van der Waals surface area contributed by atoms with Gasteiger partial charge < -0.3 is 5.32 Å². The Morgan fingerprint density at radius 3 is 2.30 bits per heavy atom. The molecule has 4 aromatic rings. The van der Waals surface area contributed by atoms with Gasteiger partial charge in [-0.05, 0) is 6.07 Å². The fourth-order valence-electron chi connectivity index (χ4n) is 3.57. The zero-order valence-electron chi connectivity index (χ0n) is 18.3. The third-order valence-corrected chi connectivity index (χ3v) is 6.31. The number of aromatic nitrogens is 3. The van der Waals surface area contributed by atoms with Gasteiger partial charge in [0, 0.05) is 33.5 Å². The van der Waals surface area contributed by atoms with Crippen LogP contribution in [0, 0.1) is 0 Å². The minimum Gasteiger partial charge on any atom is -0.343 e. The summed E-state index contributed by atoms with van der Waals surface area (Å²) in [6.07, 6.45) is -6.35. The van der Waals surface area contributed by atoms with E-state index in [4.69, 9.17) is 16.7 Å². The van der Waals surface area contributed by atoms with E-state index in [-0.39, 0.29) is 27.4 Å². The van der Waals surface area contributed by atoms with Gasteiger partial charge in [0.25, 0.3) is 22.4 Å². The summed E-state index contributed by atoms with van der Waals surface area (Å²) in [6.45, 7) is -1.76. The third kappa shape index (κ3) is 5.40. The summed E-state index contributed by atoms with van der Waals surface area (Å²) >= 11 is 6.34. The highest BCUT2D eigenvalue weighted by Gasteiger charge is 2.33. The predicted molar refractivity (Wildman–Crippen MR) is 124 cm³/mol. The highest BCUT2D eigenvalue weighted by molar-refractivity contribution is 7.89. The monoisotopic (exact) mass is 559 g/mol. The van der Waals surface area contributed by atoms with Gasteiger partial charge in [0.2, 0.25) is 5.03 Å². The molecule has 0 aliphatic rings. The van der Waals surface area contributed by atoms with Crippen LogP contribution in [-0.2, 0) is 10.0 Å². The van der Waals surface area contributed by atoms with Crippen molar-refractivity contribution in [3.63, 3.8) is 0 Å². The lowest BCUT2D eigenvalue weighted by Gasteiger charge is -2.14. The summed E-state index contributed by atoms with van der Waals surface area (Å²) in [7, 11) is -4.74. The molecule has 1 amide bonds. The Balaban J connectivity index is 2.05. The van der Waals surface area contributed by atoms with E-state index in [0.717, 1.165) is 16.6 Å². The maximum absolute atomic E-state index is 13.1. The Labute approximate surface area is 210 Å². The zero-order chi connectivity index (χ0) is 27.1. The largest absolute Gasteiger partial charge is 0.405 e. The van der Waals surface area contributed by atoms with E-state index < -0.39 is 51.3 Å². The molecule has 0 unspecified atom stereocenters. The molecule has 15 heteroatoms. The summed E-state index contributed by atoms with van der Waals surface area (Å²) < 4.78 is 89.8. The fraction of sp³-hybridized carbons (Fsp3) is 0.136. The number of primary sulfonamides is 1. The molecule has 8 nitrogen and oxygen atoms in total. The highest BCUT2D eigenvalue weighted by Crippen LogP contribution is 2.37. The van der Waals surface area contributed by atoms with Crippen molar-refractivity contribution in [2.45, 2.75) is 17.6 Å². The van der Waals surface area contributed by atoms with E-state index in [1.54, 1.807) is 29.6 Å². The van der Waals surface area contributed by atoms with Crippen LogP contribution in [0.4, 0.5) is 22.0 Å². The predicted octanol–water partition coefficient (Wildman–Crippen LogP) is 4.59. The topological polar surface area (TPSA) is 119 Å². The van der Waals surface area contributed by atoms with Crippen LogP contribution in [0.25, 0.3) is 28.0 Å². The number of hydrogen-bond donors (Lipinski definition) is 2. The molecule has 0 radical (unpaired) electrons. The first-order chi connectivity index (χ1) is 17.3. The summed E-state index contributed by atoms with van der Waals surface area (Å²) in [5.74, 6) is -1.44. The lowest BCUT2D eigenvalue weighted by atomic mass is 9.99. The summed E-state index contributed by atoms with van der Waals surface area (Å²) in [5.41, 5.74) is -0.603. The van der Waals surface area contributed by atoms with Crippen LogP contribution in [0.5, 0.6) is 0 Å². The van der Waals surface area contributed by atoms with Gasteiger partial charge in [0.15, 0.2) is 5.65 Å². The van der Waals surface area contributed by atoms with Crippen LogP contribution in [-0.4, -0.2) is 41.6 Å². The standard InChI is InChI=1S/C22H15ClF5N5O3S/c23-15-4-2-1-3-13(15)14-9-30-19-16(20(34)31-10-22(26,27)28)21(37(29,35)36)32-33(19)17(14)11-5-7-12(8-6-11)18(24)25/h1-9,18H,10H2,(H,31,34)(H2,29,35,36). The van der Waals surface area contributed by atoms with Crippen molar-refractivity contribution >= 4 is 33.2 Å². The smallest absolute Gasteiger partial charge is 0.343 e. The van der Waals surface area contributed by atoms with Crippen LogP contribution < -0.4 is 10.5 Å². The van der Waals surface area contributed by atoms with Crippen LogP contribution in [0.15, 0.2) is 59.8 Å². The van der Waals surface area contributed by atoms with Crippen molar-refractivity contribution in [3.8, 4) is 22.4 Å². The van der Waals surface area contributed by atoms with Crippen molar-refractivity contribution in [3.05, 3.63) is 70.9 Å². The van der Waals surface area contributed by atoms with Crippen LogP contribution in [0.2, 0.25) is 5.02 Å². The van der Waals surface area contributed by atoms with Crippen molar-refractivity contribution in [1.29, 1.82) is 0 Å². The number of halogens is 6. The molecule has 2 aromatic heterocycles. The first-order valence-corrected chi connectivity index (χ1v) is 12.1. The lowest BCUT2D eigenvalue weighted by Crippen LogP contribution is -2.34. The van der Waals surface area contributed by atoms with Crippen molar-refractivity contribution in [2.24, 2.45) is 5.14 Å². The molecule has 0 atom stereocenters. The van der Waals surface area contributed by atoms with Gasteiger partial charge in [-0.3, -0.25) is 4.79 Å². The molecule has 2 heterocycles. The molecule has 0 saturated heterocycles. The van der Waals surface area contributed by atoms with Gasteiger partial charge in [0.05, 0.1) is 5.69 Å². The lowest BCUT2D eigenvalue weighted by molar-refractivity contribution is -0.123. The zero-order valence-corrected chi connectivity index (χ0v) is 19.9. The maximum Gasteiger partial charge on any atom is 0.405 e. The Morgan fingerprint density at radius 2 is 1.73 bits per heavy atom. The van der Waals surface area contributed by atoms with Gasteiger partial charge in [-0.1, -0.05) is 54.1 Å². The Bertz CT molecular complexity index is 1610. The third-order valence-electron chi connectivity index (χ3n) is 5.16. The Morgan fingerprint density at radius 1 is 1.08 bits per heavy atom. The minimum atomic E-state index is -4.79. The Hall–Kier alpha value is -3.62. The van der Waals surface area contributed by atoms with E-state index in [9.17, 15) is 35.2 Å². The normalized spacial score (nSPS) is 12.3. The molecule has 0 aliphatic heterocycles. The molecule has 0 spiro atoms. The summed E-state index contributed by atoms with van der Waals surface area (Å²) in [6, 6.07) is 11.3. The number of fused-ring (bicyclic) bond motifs is 1. The number of nitrogens with two attached hydrogens (primary N) is 1. The number of amides is 1. The average molecular weight is 560 g/mol. The second-order valence-corrected chi connectivity index (χ2v) is 9.57. The SMILES string of the molecule is NS(=O)(=O)c1nn2c(-c3ccc(C(F)F)cc3)c(-c3ccccc3Cl)cnc2c1C(=O)NCC(F)(F)F. The highest BCUT2D eigenvalue weighted by atomic mass is 35.5. The van der Waals surface area contributed by atoms with Gasteiger partial charge in [-0.25, -0.2) is 31.8 Å². The van der Waals surface area contributed by atoms with Crippen molar-refractivity contribution in [1.82, 2.24) is 19.9 Å². The molecular weight excluding hydrogens is 545 g/mol. The summed E-state index contributed by atoms with van der Waals surface area (Å²) in [5, 5.41) is 9.93. The number of nitrogens with zero attached hydrogens (tertiary/aromatic N) is 3. The molecule has 0 bridgehead atoms. The molecule has 0 saturated carbocycles. The number of carbonyl (C=O) groups is 1. The van der Waals surface area contributed by atoms with Gasteiger partial charge in [-0.2, -0.15) is 18.3 Å². The van der Waals surface area contributed by atoms with Crippen molar-refractivity contribution in [2.75, 3.05) is 6.54 Å². The molecule has 3 N–H and O–H groups in total. The fourth-order valence-corrected chi connectivity index (χ4v) is 4.48. The van der Waals surface area contributed by atoms with E-state index in [0.29, 0.717) is 5.56 Å². The first-order valence-electron chi connectivity index (χ1n) is 10.2. The number of benzene rings is 2. The van der Waals surface area contributed by atoms with E-state index in [1.807, 2.05) is 0 Å². The quantitative estimate of drug-likeness (QED) is 0.335. The van der Waals surface area contributed by atoms with E-state index in [2.05, 4.69) is 10.1 Å². The minimum absolute atomic E-state index is 0.0682. The summed E-state index contributed by atoms with van der Waals surface area (Å²) in [4.78, 5) is 16.8. The number of alkyl halides is 5. The number of sulfonamides is 1. The molecule has 194 valence electrons. The Kier molecular flexibility index (Phi) is 6.92. The van der Waals surface area contributed by atoms with E-state index >= 15 is 0 Å². The van der Waals surface area contributed by atoms with Gasteiger partial charge in [-0.15, -0.1) is 0 Å². The molecule has 4 rings (SSSR count). The molecular formula is C22H15ClF5N5O3S. The second-order valence-electron chi connectivity index (χ2n) is 7.68. The maximum atomic E-state index is 13.1. The number of rotatable bonds is 6. The molecule has 0 aliphatic carbocycles. The van der Waals surface area contributed by atoms with E-state index in [1.165, 1.54) is 18.3 Å². The van der Waals surface area contributed by atoms with Gasteiger partial charge in [0.1, 0.15) is 12.1 Å². The molecule has 0 fully saturated rings. The molecule has 2 aromatic carbocycles. The number of carbonyl (C=O) groups excluding carboxylic acids is 1. The van der Waals surface area contributed by atoms with Crippen LogP contribution in [0.3, 0.4) is 0 Å². The average Bonchev–Trinajstić information content (AvgIpc) is 3.22. The number of hydrogen-bond acceptors (Lipinski definition) is 5. The van der Waals surface area contributed by atoms with Crippen LogP contribution in [0.1, 0.15) is 22.3 Å². The van der Waals surface area contributed by atoms with Crippen LogP contribution >= 0.6 is 11.6 Å².